The Hall–Kier alpha value is 0.414. The molecular weight excluding hydrogens is 207 g/mol. The van der Waals surface area contributed by atoms with Crippen molar-refractivity contribution in [3.8, 4) is 0 Å². The van der Waals surface area contributed by atoms with E-state index >= 15 is 0 Å². The molecule has 0 amide bonds. The van der Waals surface area contributed by atoms with E-state index in [1.54, 1.807) is 5.30 Å². The molecule has 0 bridgehead atoms. The van der Waals surface area contributed by atoms with Gasteiger partial charge < -0.3 is 10.2 Å². The van der Waals surface area contributed by atoms with Crippen molar-refractivity contribution in [2.75, 3.05) is 14.2 Å². The molecule has 0 aliphatic heterocycles. The zero-order valence-electron chi connectivity index (χ0n) is 7.89. The number of rotatable bonds is 0. The molecule has 0 spiro atoms. The first-order valence-corrected chi connectivity index (χ1v) is 5.25. The molecule has 1 unspecified atom stereocenters. The molecule has 0 saturated carbocycles. The summed E-state index contributed by atoms with van der Waals surface area (Å²) in [6.45, 7) is 4.39. The van der Waals surface area contributed by atoms with E-state index in [0.717, 1.165) is 22.4 Å². The predicted molar refractivity (Wildman–Crippen MR) is 46.9 cm³/mol. The summed E-state index contributed by atoms with van der Waals surface area (Å²) in [6.07, 6.45) is 0. The molecule has 12 heavy (non-hydrogen) atoms. The van der Waals surface area contributed by atoms with Gasteiger partial charge in [0, 0.05) is 0 Å². The summed E-state index contributed by atoms with van der Waals surface area (Å²) in [6, 6.07) is 0. The molecule has 2 nitrogen and oxygen atoms in total. The fraction of sp³-hybridized carbons (Fsp3) is 0.500. The topological polar surface area (TPSA) is 46.1 Å². The summed E-state index contributed by atoms with van der Waals surface area (Å²) in [5, 5.41) is 18.1. The van der Waals surface area contributed by atoms with Crippen LogP contribution in [0.1, 0.15) is 10.9 Å². The third-order valence-corrected chi connectivity index (χ3v) is 4.13. The Morgan fingerprint density at radius 3 is 1.67 bits per heavy atom. The van der Waals surface area contributed by atoms with E-state index in [9.17, 15) is 0 Å². The molecule has 1 atom stereocenters. The van der Waals surface area contributed by atoms with Gasteiger partial charge in [0.2, 0.25) is 0 Å². The van der Waals surface area contributed by atoms with E-state index in [1.807, 2.05) is 0 Å². The van der Waals surface area contributed by atoms with Crippen molar-refractivity contribution in [3.05, 3.63) is 16.7 Å². The first-order chi connectivity index (χ1) is 5.72. The molecule has 0 radical (unpaired) electrons. The third-order valence-electron chi connectivity index (χ3n) is 1.27. The fourth-order valence-corrected chi connectivity index (χ4v) is 2.25. The fourth-order valence-electron chi connectivity index (χ4n) is 0.657. The molecule has 1 aromatic heterocycles. The van der Waals surface area contributed by atoms with Crippen LogP contribution in [-0.4, -0.2) is 14.2 Å². The summed E-state index contributed by atoms with van der Waals surface area (Å²) in [5.41, 5.74) is 1.47. The van der Waals surface area contributed by atoms with Gasteiger partial charge in [-0.15, -0.1) is 0 Å². The zero-order chi connectivity index (χ0) is 10.1. The van der Waals surface area contributed by atoms with Crippen LogP contribution in [0.3, 0.4) is 0 Å². The van der Waals surface area contributed by atoms with Crippen LogP contribution in [0.5, 0.6) is 0 Å². The number of hydrogen-bond acceptors (Lipinski definition) is 2. The minimum atomic E-state index is 0.750. The molecule has 4 heteroatoms. The maximum atomic E-state index is 8.25. The van der Waals surface area contributed by atoms with Crippen molar-refractivity contribution in [1.82, 2.24) is 0 Å². The van der Waals surface area contributed by atoms with Crippen molar-refractivity contribution in [2.24, 2.45) is 0 Å². The third kappa shape index (κ3) is 5.13. The van der Waals surface area contributed by atoms with Gasteiger partial charge in [-0.05, 0) is 0 Å². The van der Waals surface area contributed by atoms with E-state index in [1.165, 1.54) is 9.43 Å². The quantitative estimate of drug-likeness (QED) is 0.552. The Morgan fingerprint density at radius 1 is 1.17 bits per heavy atom. The van der Waals surface area contributed by atoms with Gasteiger partial charge in [-0.1, -0.05) is 0 Å². The van der Waals surface area contributed by atoms with E-state index in [2.05, 4.69) is 40.1 Å². The Labute approximate surface area is 87.5 Å². The van der Waals surface area contributed by atoms with E-state index in [-0.39, 0.29) is 0 Å². The van der Waals surface area contributed by atoms with Gasteiger partial charge in [0.15, 0.2) is 0 Å². The standard InChI is InChI=1S/C6H8P.2CH3O.Ti/c1-5-3-6(2)7-4-5;2*1-2;/h4,7H,1-2H3;2*1H3;/q;2*-1;+2. The molecule has 0 fully saturated rings. The van der Waals surface area contributed by atoms with Crippen LogP contribution in [0.15, 0.2) is 5.80 Å². The molecule has 0 aromatic carbocycles. The average Bonchev–Trinajstić information content (AvgIpc) is 2.43. The van der Waals surface area contributed by atoms with Crippen LogP contribution >= 0.6 is 8.19 Å². The molecule has 1 rings (SSSR count). The van der Waals surface area contributed by atoms with E-state index in [0.29, 0.717) is 0 Å². The second-order valence-corrected chi connectivity index (χ2v) is 4.08. The first kappa shape index (κ1) is 14.9. The van der Waals surface area contributed by atoms with Gasteiger partial charge in [-0.3, -0.25) is 0 Å². The molecule has 1 aromatic rings. The van der Waals surface area contributed by atoms with Gasteiger partial charge in [-0.2, -0.15) is 14.2 Å². The van der Waals surface area contributed by atoms with Crippen LogP contribution in [0, 0.1) is 13.8 Å². The summed E-state index contributed by atoms with van der Waals surface area (Å²) in [7, 11) is 2.46. The monoisotopic (exact) mass is 221 g/mol. The van der Waals surface area contributed by atoms with Crippen LogP contribution in [-0.2, 0) is 20.4 Å². The Bertz CT molecular complexity index is 179. The van der Waals surface area contributed by atoms with E-state index < -0.39 is 0 Å². The molecule has 67 valence electrons. The number of aryl methyl sites for hydroxylation is 2. The van der Waals surface area contributed by atoms with Crippen LogP contribution < -0.4 is 14.1 Å². The summed E-state index contributed by atoms with van der Waals surface area (Å²) in [4.78, 5) is 0. The van der Waals surface area contributed by atoms with Gasteiger partial charge in [0.25, 0.3) is 0 Å². The molecule has 1 heterocycles. The SMILES string of the molecule is C[O-].C[O-].Cc1c[pH]c(C)[c]1[Ti+2]. The van der Waals surface area contributed by atoms with Crippen molar-refractivity contribution < 1.29 is 30.6 Å². The van der Waals surface area contributed by atoms with Gasteiger partial charge in [0.05, 0.1) is 0 Å². The summed E-state index contributed by atoms with van der Waals surface area (Å²) >= 11 is 2.20. The summed E-state index contributed by atoms with van der Waals surface area (Å²) < 4.78 is 1.50. The molecule has 0 aliphatic rings. The van der Waals surface area contributed by atoms with Gasteiger partial charge >= 0.3 is 63.0 Å². The maximum absolute atomic E-state index is 8.25. The van der Waals surface area contributed by atoms with Crippen molar-refractivity contribution in [3.63, 3.8) is 0 Å². The number of hydrogen-bond donors (Lipinski definition) is 0. The van der Waals surface area contributed by atoms with Crippen LogP contribution in [0.2, 0.25) is 0 Å². The minimum absolute atomic E-state index is 0.750. The average molecular weight is 221 g/mol. The Morgan fingerprint density at radius 2 is 1.58 bits per heavy atom. The first-order valence-electron chi connectivity index (χ1n) is 3.39. The van der Waals surface area contributed by atoms with E-state index in [4.69, 9.17) is 10.2 Å². The van der Waals surface area contributed by atoms with Crippen LogP contribution in [0.25, 0.3) is 0 Å². The van der Waals surface area contributed by atoms with Crippen molar-refractivity contribution >= 4 is 12.1 Å². The van der Waals surface area contributed by atoms with Gasteiger partial charge in [-0.25, -0.2) is 0 Å². The van der Waals surface area contributed by atoms with Crippen molar-refractivity contribution in [2.45, 2.75) is 13.8 Å². The van der Waals surface area contributed by atoms with Crippen molar-refractivity contribution in [1.29, 1.82) is 0 Å². The second kappa shape index (κ2) is 9.50. The molecular formula is C8H14O2PTi. The molecule has 0 aliphatic carbocycles. The Kier molecular flexibility index (Phi) is 11.8. The normalized spacial score (nSPS) is 8.33. The van der Waals surface area contributed by atoms with Gasteiger partial charge in [0.1, 0.15) is 0 Å². The molecule has 0 N–H and O–H groups in total. The molecule has 0 saturated heterocycles. The zero-order valence-corrected chi connectivity index (χ0v) is 10.5. The second-order valence-electron chi connectivity index (χ2n) is 1.97. The van der Waals surface area contributed by atoms with Crippen LogP contribution in [0.4, 0.5) is 0 Å². The predicted octanol–water partition coefficient (Wildman–Crippen LogP) is -0.540. The Balaban J connectivity index is 0. The summed E-state index contributed by atoms with van der Waals surface area (Å²) in [5.74, 6) is 2.31.